The first-order chi connectivity index (χ1) is 15.6. The Morgan fingerprint density at radius 2 is 1.97 bits per heavy atom. The molecule has 1 atom stereocenters. The molecular weight excluding hydrogens is 415 g/mol. The second-order valence-corrected chi connectivity index (χ2v) is 7.21. The lowest BCUT2D eigenvalue weighted by molar-refractivity contribution is -0.121. The van der Waals surface area contributed by atoms with E-state index in [4.69, 9.17) is 4.52 Å². The Labute approximate surface area is 183 Å². The van der Waals surface area contributed by atoms with Gasteiger partial charge in [-0.05, 0) is 30.7 Å². The summed E-state index contributed by atoms with van der Waals surface area (Å²) in [6.07, 6.45) is 8.51. The second-order valence-electron chi connectivity index (χ2n) is 7.21. The fraction of sp³-hybridized carbons (Fsp3) is 0.273. The first-order valence-electron chi connectivity index (χ1n) is 10.2. The first kappa shape index (κ1) is 21.3. The minimum Gasteiger partial charge on any atom is -0.368 e. The average molecular weight is 436 g/mol. The fourth-order valence-corrected chi connectivity index (χ4v) is 3.24. The lowest BCUT2D eigenvalue weighted by Crippen LogP contribution is -2.28. The molecule has 1 aliphatic carbocycles. The monoisotopic (exact) mass is 436 g/mol. The predicted molar refractivity (Wildman–Crippen MR) is 112 cm³/mol. The number of allylic oxidation sites excluding steroid dienone is 3. The van der Waals surface area contributed by atoms with Crippen molar-refractivity contribution in [2.75, 3.05) is 13.1 Å². The third-order valence-electron chi connectivity index (χ3n) is 4.92. The van der Waals surface area contributed by atoms with E-state index in [2.05, 4.69) is 31.0 Å². The zero-order chi connectivity index (χ0) is 22.3. The van der Waals surface area contributed by atoms with Crippen LogP contribution in [0.2, 0.25) is 0 Å². The summed E-state index contributed by atoms with van der Waals surface area (Å²) in [5.41, 5.74) is 1.44. The molecule has 2 N–H and O–H groups in total. The van der Waals surface area contributed by atoms with Gasteiger partial charge in [0, 0.05) is 37.1 Å². The Hall–Kier alpha value is -3.95. The molecule has 0 saturated heterocycles. The Balaban J connectivity index is 1.16. The molecule has 32 heavy (non-hydrogen) atoms. The van der Waals surface area contributed by atoms with E-state index in [-0.39, 0.29) is 30.0 Å². The quantitative estimate of drug-likeness (QED) is 0.583. The van der Waals surface area contributed by atoms with Crippen LogP contribution in [-0.4, -0.2) is 35.0 Å². The van der Waals surface area contributed by atoms with Gasteiger partial charge < -0.3 is 15.2 Å². The molecule has 1 aromatic carbocycles. The average Bonchev–Trinajstić information content (AvgIpc) is 3.28. The van der Waals surface area contributed by atoms with E-state index >= 15 is 0 Å². The van der Waals surface area contributed by atoms with Crippen molar-refractivity contribution < 1.29 is 18.5 Å². The summed E-state index contributed by atoms with van der Waals surface area (Å²) in [5, 5.41) is 17.5. The Kier molecular flexibility index (Phi) is 6.59. The number of carbonyl (C=O) groups excluding carboxylic acids is 2. The number of azo groups is 1. The molecule has 0 radical (unpaired) electrons. The highest BCUT2D eigenvalue weighted by Gasteiger charge is 2.26. The summed E-state index contributed by atoms with van der Waals surface area (Å²) in [5.74, 6) is 0.154. The third kappa shape index (κ3) is 5.20. The number of aromatic nitrogens is 2. The highest BCUT2D eigenvalue weighted by molar-refractivity contribution is 5.86. The van der Waals surface area contributed by atoms with Crippen LogP contribution in [0.25, 0.3) is 11.4 Å². The van der Waals surface area contributed by atoms with Crippen LogP contribution >= 0.6 is 0 Å². The molecule has 0 saturated carbocycles. The number of nitrogens with one attached hydrogen (secondary N) is 2. The number of rotatable bonds is 9. The zero-order valence-electron chi connectivity index (χ0n) is 17.1. The summed E-state index contributed by atoms with van der Waals surface area (Å²) in [4.78, 5) is 28.1. The summed E-state index contributed by atoms with van der Waals surface area (Å²) < 4.78 is 18.2. The van der Waals surface area contributed by atoms with Gasteiger partial charge in [-0.2, -0.15) is 4.98 Å². The molecule has 9 nitrogen and oxygen atoms in total. The Bertz CT molecular complexity index is 1120. The number of halogens is 1. The van der Waals surface area contributed by atoms with E-state index in [1.807, 2.05) is 18.2 Å². The van der Waals surface area contributed by atoms with Crippen LogP contribution in [0.15, 0.2) is 74.7 Å². The number of fused-ring (bicyclic) bond motifs is 1. The van der Waals surface area contributed by atoms with Crippen LogP contribution in [0.4, 0.5) is 4.39 Å². The number of hydrogen-bond donors (Lipinski definition) is 2. The van der Waals surface area contributed by atoms with Crippen LogP contribution in [-0.2, 0) is 16.0 Å². The van der Waals surface area contributed by atoms with Crippen LogP contribution < -0.4 is 10.6 Å². The van der Waals surface area contributed by atoms with Gasteiger partial charge in [0.25, 0.3) is 5.91 Å². The summed E-state index contributed by atoms with van der Waals surface area (Å²) >= 11 is 0. The molecule has 164 valence electrons. The van der Waals surface area contributed by atoms with E-state index in [0.717, 1.165) is 5.57 Å². The lowest BCUT2D eigenvalue weighted by atomic mass is 9.93. The topological polar surface area (TPSA) is 122 Å². The molecule has 0 spiro atoms. The highest BCUT2D eigenvalue weighted by atomic mass is 19.1. The molecular formula is C22H21FN6O3. The summed E-state index contributed by atoms with van der Waals surface area (Å²) in [7, 11) is 0. The van der Waals surface area contributed by atoms with Gasteiger partial charge in [-0.25, -0.2) is 4.39 Å². The van der Waals surface area contributed by atoms with Gasteiger partial charge in [-0.15, -0.1) is 10.2 Å². The van der Waals surface area contributed by atoms with E-state index in [0.29, 0.717) is 49.0 Å². The van der Waals surface area contributed by atoms with Gasteiger partial charge in [-0.1, -0.05) is 29.5 Å². The number of hydrogen-bond acceptors (Lipinski definition) is 7. The van der Waals surface area contributed by atoms with Crippen LogP contribution in [0.1, 0.15) is 18.7 Å². The molecule has 0 bridgehead atoms. The maximum absolute atomic E-state index is 13.0. The minimum atomic E-state index is -0.382. The van der Waals surface area contributed by atoms with E-state index in [9.17, 15) is 14.0 Å². The zero-order valence-corrected chi connectivity index (χ0v) is 17.1. The molecule has 1 unspecified atom stereocenters. The van der Waals surface area contributed by atoms with E-state index in [1.165, 1.54) is 12.1 Å². The predicted octanol–water partition coefficient (Wildman–Crippen LogP) is 2.85. The maximum atomic E-state index is 13.0. The Morgan fingerprint density at radius 3 is 2.81 bits per heavy atom. The van der Waals surface area contributed by atoms with Gasteiger partial charge in [-0.3, -0.25) is 9.59 Å². The van der Waals surface area contributed by atoms with Gasteiger partial charge in [0.15, 0.2) is 5.82 Å². The van der Waals surface area contributed by atoms with Crippen molar-refractivity contribution in [3.63, 3.8) is 0 Å². The Morgan fingerprint density at radius 1 is 1.12 bits per heavy atom. The first-order valence-corrected chi connectivity index (χ1v) is 10.2. The van der Waals surface area contributed by atoms with Crippen molar-refractivity contribution in [2.24, 2.45) is 16.1 Å². The van der Waals surface area contributed by atoms with E-state index in [1.54, 1.807) is 18.2 Å². The number of aryl methyl sites for hydroxylation is 1. The smallest absolute Gasteiger partial charge is 0.276 e. The summed E-state index contributed by atoms with van der Waals surface area (Å²) in [6, 6.07) is 5.77. The summed E-state index contributed by atoms with van der Waals surface area (Å²) in [6.45, 7) is 1.05. The van der Waals surface area contributed by atoms with Crippen molar-refractivity contribution in [1.29, 1.82) is 0 Å². The largest absolute Gasteiger partial charge is 0.368 e. The minimum absolute atomic E-state index is 0.128. The molecule has 2 aliphatic rings. The van der Waals surface area contributed by atoms with Gasteiger partial charge in [0.2, 0.25) is 17.6 Å². The van der Waals surface area contributed by atoms with Crippen LogP contribution in [0, 0.1) is 11.7 Å². The molecule has 4 rings (SSSR count). The van der Waals surface area contributed by atoms with Crippen molar-refractivity contribution in [3.05, 3.63) is 71.7 Å². The molecule has 1 aromatic heterocycles. The van der Waals surface area contributed by atoms with Gasteiger partial charge in [0.1, 0.15) is 5.82 Å². The molecule has 0 fully saturated rings. The van der Waals surface area contributed by atoms with Crippen LogP contribution in [0.5, 0.6) is 0 Å². The maximum Gasteiger partial charge on any atom is 0.276 e. The number of carbonyl (C=O) groups is 2. The standard InChI is InChI=1S/C22H21FN6O3/c23-15-8-6-14(7-9-15)20-26-19(32-29-20)11-10-18(30)24-12-3-13-25-21-16-4-1-2-5-17(16)22(31)28-27-21/h1-2,4-9,17,25H,3,10-13H2,(H,24,30). The molecule has 2 aromatic rings. The highest BCUT2D eigenvalue weighted by Crippen LogP contribution is 2.27. The fourth-order valence-electron chi connectivity index (χ4n) is 3.24. The van der Waals surface area contributed by atoms with Crippen molar-refractivity contribution >= 4 is 11.8 Å². The second kappa shape index (κ2) is 9.90. The number of amides is 2. The van der Waals surface area contributed by atoms with Gasteiger partial charge >= 0.3 is 0 Å². The van der Waals surface area contributed by atoms with Crippen LogP contribution in [0.3, 0.4) is 0 Å². The van der Waals surface area contributed by atoms with E-state index < -0.39 is 0 Å². The van der Waals surface area contributed by atoms with Crippen molar-refractivity contribution in [2.45, 2.75) is 19.3 Å². The SMILES string of the molecule is O=C(CCc1nc(-c2ccc(F)cc2)no1)NCCCNC1=C2C=CC=CC2C(=O)N=N1. The number of benzene rings is 1. The molecule has 10 heteroatoms. The number of nitrogens with zero attached hydrogens (tertiary/aromatic N) is 4. The third-order valence-corrected chi connectivity index (χ3v) is 4.92. The van der Waals surface area contributed by atoms with Crippen molar-refractivity contribution in [3.8, 4) is 11.4 Å². The molecule has 1 aliphatic heterocycles. The van der Waals surface area contributed by atoms with Crippen molar-refractivity contribution in [1.82, 2.24) is 20.8 Å². The van der Waals surface area contributed by atoms with Gasteiger partial charge in [0.05, 0.1) is 5.92 Å². The molecule has 2 heterocycles. The lowest BCUT2D eigenvalue weighted by Gasteiger charge is -2.20. The normalized spacial score (nSPS) is 16.9. The molecule has 2 amide bonds.